The Kier molecular flexibility index (Phi) is 7.09. The third-order valence-electron chi connectivity index (χ3n) is 3.16. The summed E-state index contributed by atoms with van der Waals surface area (Å²) in [5, 5.41) is 8.37. The van der Waals surface area contributed by atoms with E-state index in [1.165, 1.54) is 16.3 Å². The Morgan fingerprint density at radius 2 is 2.16 bits per heavy atom. The number of nitrogens with one attached hydrogen (secondary N) is 1. The molecule has 1 amide bonds. The molecule has 1 N–H and O–H groups in total. The zero-order valence-corrected chi connectivity index (χ0v) is 15.6. The van der Waals surface area contributed by atoms with Gasteiger partial charge in [-0.1, -0.05) is 17.7 Å². The number of rotatable bonds is 8. The fourth-order valence-corrected chi connectivity index (χ4v) is 3.21. The maximum Gasteiger partial charge on any atom is 0.273 e. The molecular weight excluding hydrogens is 360 g/mol. The minimum atomic E-state index is -0.360. The number of carbonyl (C=O) groups excluding carboxylic acids is 2. The van der Waals surface area contributed by atoms with Gasteiger partial charge in [0.05, 0.1) is 4.34 Å². The Balaban J connectivity index is 2.01. The van der Waals surface area contributed by atoms with Crippen molar-refractivity contribution in [3.63, 3.8) is 0 Å². The molecule has 0 unspecified atom stereocenters. The molecule has 0 bridgehead atoms. The zero-order valence-electron chi connectivity index (χ0n) is 14.0. The predicted molar refractivity (Wildman–Crippen MR) is 101 cm³/mol. The minimum Gasteiger partial charge on any atom is -0.305 e. The summed E-state index contributed by atoms with van der Waals surface area (Å²) in [7, 11) is 3.44. The van der Waals surface area contributed by atoms with Crippen molar-refractivity contribution in [1.29, 1.82) is 0 Å². The van der Waals surface area contributed by atoms with Crippen molar-refractivity contribution in [3.05, 3.63) is 45.2 Å². The van der Waals surface area contributed by atoms with Crippen LogP contribution < -0.4 is 5.32 Å². The van der Waals surface area contributed by atoms with Crippen LogP contribution in [0.5, 0.6) is 0 Å². The zero-order chi connectivity index (χ0) is 18.2. The molecule has 0 saturated carbocycles. The van der Waals surface area contributed by atoms with E-state index in [9.17, 15) is 9.59 Å². The number of anilines is 1. The van der Waals surface area contributed by atoms with Gasteiger partial charge in [0.1, 0.15) is 17.8 Å². The number of aromatic nitrogens is 1. The number of halogens is 1. The summed E-state index contributed by atoms with van der Waals surface area (Å²) in [6, 6.07) is 7.51. The second-order valence-corrected chi connectivity index (χ2v) is 7.29. The summed E-state index contributed by atoms with van der Waals surface area (Å²) in [5.41, 5.74) is 1.32. The smallest absolute Gasteiger partial charge is 0.273 e. The van der Waals surface area contributed by atoms with Crippen LogP contribution >= 0.6 is 22.9 Å². The summed E-state index contributed by atoms with van der Waals surface area (Å²) in [4.78, 5) is 28.3. The second-order valence-electron chi connectivity index (χ2n) is 5.49. The first-order valence-electron chi connectivity index (χ1n) is 7.67. The van der Waals surface area contributed by atoms with Crippen molar-refractivity contribution >= 4 is 46.7 Å². The van der Waals surface area contributed by atoms with E-state index in [1.54, 1.807) is 26.4 Å². The van der Waals surface area contributed by atoms with E-state index in [0.29, 0.717) is 5.82 Å². The summed E-state index contributed by atoms with van der Waals surface area (Å²) in [6.45, 7) is 0. The molecular formula is C17H19ClN4O2S. The molecule has 0 saturated heterocycles. The van der Waals surface area contributed by atoms with Crippen molar-refractivity contribution in [3.8, 4) is 0 Å². The molecule has 2 rings (SSSR count). The van der Waals surface area contributed by atoms with E-state index >= 15 is 0 Å². The number of aldehydes is 1. The lowest BCUT2D eigenvalue weighted by molar-refractivity contribution is -0.110. The van der Waals surface area contributed by atoms with E-state index in [2.05, 4.69) is 15.4 Å². The van der Waals surface area contributed by atoms with Crippen LogP contribution in [0.2, 0.25) is 4.34 Å². The van der Waals surface area contributed by atoms with Gasteiger partial charge in [-0.05, 0) is 23.8 Å². The Hall–Kier alpha value is -2.25. The van der Waals surface area contributed by atoms with Crippen molar-refractivity contribution in [2.45, 2.75) is 19.3 Å². The highest BCUT2D eigenvalue weighted by molar-refractivity contribution is 7.16. The molecule has 2 aromatic rings. The average Bonchev–Trinajstić information content (AvgIpc) is 2.98. The van der Waals surface area contributed by atoms with E-state index in [1.807, 2.05) is 18.2 Å². The molecule has 0 aliphatic heterocycles. The van der Waals surface area contributed by atoms with Crippen LogP contribution in [0.4, 0.5) is 5.82 Å². The highest BCUT2D eigenvalue weighted by atomic mass is 35.5. The number of amides is 1. The maximum absolute atomic E-state index is 12.3. The van der Waals surface area contributed by atoms with Crippen LogP contribution in [-0.4, -0.2) is 42.0 Å². The monoisotopic (exact) mass is 378 g/mol. The van der Waals surface area contributed by atoms with Gasteiger partial charge in [0.15, 0.2) is 0 Å². The lowest BCUT2D eigenvalue weighted by atomic mass is 10.2. The number of hydrogen-bond donors (Lipinski definition) is 1. The number of pyridine rings is 1. The topological polar surface area (TPSA) is 74.7 Å². The Morgan fingerprint density at radius 1 is 1.36 bits per heavy atom. The standard InChI is InChI=1S/C17H19ClN4O2S/c1-22(2)21-14(4-3-9-23)17(24)20-16-8-5-12(11-19-16)10-13-6-7-15(18)25-13/h5-9,11H,3-4,10H2,1-2H3,(H,19,20,24)/b21-14+. The van der Waals surface area contributed by atoms with Crippen LogP contribution in [0.1, 0.15) is 23.3 Å². The first-order valence-corrected chi connectivity index (χ1v) is 8.86. The van der Waals surface area contributed by atoms with Crippen LogP contribution in [-0.2, 0) is 16.0 Å². The maximum atomic E-state index is 12.3. The number of carbonyl (C=O) groups is 2. The van der Waals surface area contributed by atoms with E-state index in [4.69, 9.17) is 11.6 Å². The Labute approximate surface area is 155 Å². The third kappa shape index (κ3) is 6.28. The second kappa shape index (κ2) is 9.29. The van der Waals surface area contributed by atoms with Gasteiger partial charge >= 0.3 is 0 Å². The minimum absolute atomic E-state index is 0.246. The Morgan fingerprint density at radius 3 is 2.72 bits per heavy atom. The van der Waals surface area contributed by atoms with E-state index in [-0.39, 0.29) is 24.5 Å². The van der Waals surface area contributed by atoms with Crippen molar-refractivity contribution in [2.75, 3.05) is 19.4 Å². The third-order valence-corrected chi connectivity index (χ3v) is 4.39. The van der Waals surface area contributed by atoms with E-state index in [0.717, 1.165) is 27.5 Å². The van der Waals surface area contributed by atoms with Gasteiger partial charge in [0.2, 0.25) is 0 Å². The Bertz CT molecular complexity index is 756. The molecule has 8 heteroatoms. The van der Waals surface area contributed by atoms with Gasteiger partial charge in [-0.3, -0.25) is 4.79 Å². The molecule has 6 nitrogen and oxygen atoms in total. The van der Waals surface area contributed by atoms with Gasteiger partial charge in [0.25, 0.3) is 5.91 Å². The fraction of sp³-hybridized carbons (Fsp3) is 0.294. The predicted octanol–water partition coefficient (Wildman–Crippen LogP) is 3.22. The lowest BCUT2D eigenvalue weighted by Crippen LogP contribution is -2.26. The first-order chi connectivity index (χ1) is 12.0. The van der Waals surface area contributed by atoms with Crippen molar-refractivity contribution in [2.24, 2.45) is 5.10 Å². The average molecular weight is 379 g/mol. The van der Waals surface area contributed by atoms with Crippen LogP contribution in [0.3, 0.4) is 0 Å². The largest absolute Gasteiger partial charge is 0.305 e. The summed E-state index contributed by atoms with van der Waals surface area (Å²) in [6.07, 6.45) is 3.76. The number of hydrogen-bond acceptors (Lipinski definition) is 6. The highest BCUT2D eigenvalue weighted by Crippen LogP contribution is 2.23. The molecule has 0 aliphatic rings. The molecule has 132 valence electrons. The molecule has 25 heavy (non-hydrogen) atoms. The van der Waals surface area contributed by atoms with Gasteiger partial charge < -0.3 is 15.1 Å². The molecule has 2 heterocycles. The summed E-state index contributed by atoms with van der Waals surface area (Å²) >= 11 is 7.46. The molecule has 0 atom stereocenters. The lowest BCUT2D eigenvalue weighted by Gasteiger charge is -2.10. The van der Waals surface area contributed by atoms with Crippen LogP contribution in [0.15, 0.2) is 35.6 Å². The van der Waals surface area contributed by atoms with Crippen LogP contribution in [0.25, 0.3) is 0 Å². The number of hydrazone groups is 1. The van der Waals surface area contributed by atoms with Crippen molar-refractivity contribution in [1.82, 2.24) is 9.99 Å². The first kappa shape index (κ1) is 19.1. The SMILES string of the molecule is CN(C)/N=C(\CCC=O)C(=O)Nc1ccc(Cc2ccc(Cl)s2)cn1. The van der Waals surface area contributed by atoms with Gasteiger partial charge in [-0.25, -0.2) is 4.98 Å². The molecule has 0 aromatic carbocycles. The molecule has 0 fully saturated rings. The highest BCUT2D eigenvalue weighted by Gasteiger charge is 2.13. The van der Waals surface area contributed by atoms with Crippen molar-refractivity contribution < 1.29 is 9.59 Å². The quantitative estimate of drug-likeness (QED) is 0.434. The fourth-order valence-electron chi connectivity index (χ4n) is 2.09. The van der Waals surface area contributed by atoms with Gasteiger partial charge in [0, 0.05) is 44.4 Å². The van der Waals surface area contributed by atoms with Gasteiger partial charge in [-0.2, -0.15) is 5.10 Å². The number of nitrogens with zero attached hydrogens (tertiary/aromatic N) is 3. The van der Waals surface area contributed by atoms with Crippen LogP contribution in [0, 0.1) is 0 Å². The normalized spacial score (nSPS) is 11.2. The molecule has 0 aliphatic carbocycles. The summed E-state index contributed by atoms with van der Waals surface area (Å²) < 4.78 is 0.759. The molecule has 0 radical (unpaired) electrons. The number of thiophene rings is 1. The summed E-state index contributed by atoms with van der Waals surface area (Å²) in [5.74, 6) is 0.0800. The molecule has 0 spiro atoms. The van der Waals surface area contributed by atoms with E-state index < -0.39 is 0 Å². The van der Waals surface area contributed by atoms with Gasteiger partial charge in [-0.15, -0.1) is 11.3 Å². The molecule has 2 aromatic heterocycles.